The fraction of sp³-hybridized carbons (Fsp3) is 0.417. The van der Waals surface area contributed by atoms with Gasteiger partial charge < -0.3 is 0 Å². The Morgan fingerprint density at radius 1 is 1.21 bits per heavy atom. The van der Waals surface area contributed by atoms with Gasteiger partial charge in [-0.25, -0.2) is 0 Å². The normalized spacial score (nSPS) is 9.71. The van der Waals surface area contributed by atoms with E-state index in [0.717, 1.165) is 5.69 Å². The minimum Gasteiger partial charge on any atom is -0.268 e. The molecule has 2 heteroatoms. The topological polar surface area (TPSA) is 17.8 Å². The van der Waals surface area contributed by atoms with Gasteiger partial charge in [-0.05, 0) is 13.0 Å². The van der Waals surface area contributed by atoms with E-state index in [2.05, 4.69) is 31.1 Å². The Balaban J connectivity index is 0.000000293. The van der Waals surface area contributed by atoms with E-state index in [1.807, 2.05) is 30.8 Å². The Morgan fingerprint density at radius 3 is 2.36 bits per heavy atom. The van der Waals surface area contributed by atoms with Crippen LogP contribution in [0.2, 0.25) is 0 Å². The summed E-state index contributed by atoms with van der Waals surface area (Å²) >= 11 is 0. The van der Waals surface area contributed by atoms with Gasteiger partial charge in [0.25, 0.3) is 0 Å². The van der Waals surface area contributed by atoms with Crippen LogP contribution in [0, 0.1) is 6.92 Å². The molecule has 2 rings (SSSR count). The lowest BCUT2D eigenvalue weighted by Crippen LogP contribution is -1.88. The summed E-state index contributed by atoms with van der Waals surface area (Å²) in [6.45, 7) is 6.28. The zero-order valence-corrected chi connectivity index (χ0v) is 9.41. The van der Waals surface area contributed by atoms with E-state index in [1.165, 1.54) is 17.3 Å². The van der Waals surface area contributed by atoms with Crippen molar-refractivity contribution < 1.29 is 0 Å². The minimum absolute atomic E-state index is 1.10. The van der Waals surface area contributed by atoms with Crippen molar-refractivity contribution in [2.45, 2.75) is 27.2 Å². The van der Waals surface area contributed by atoms with Crippen LogP contribution in [-0.4, -0.2) is 9.78 Å². The number of hydrogen-bond donors (Lipinski definition) is 0. The standard InChI is InChI=1S/C9H10N2.C3H8/c1-7-8-5-3-4-6-9(8)11(2)10-7;1-3-2/h3-6H,1-2H3;3H2,1-2H3. The number of aromatic nitrogens is 2. The van der Waals surface area contributed by atoms with Gasteiger partial charge in [-0.2, -0.15) is 5.10 Å². The van der Waals surface area contributed by atoms with Gasteiger partial charge >= 0.3 is 0 Å². The Bertz CT molecular complexity index is 366. The van der Waals surface area contributed by atoms with Gasteiger partial charge in [0.2, 0.25) is 0 Å². The van der Waals surface area contributed by atoms with Gasteiger partial charge in [0.15, 0.2) is 0 Å². The molecule has 1 aromatic carbocycles. The lowest BCUT2D eigenvalue weighted by molar-refractivity contribution is 0.783. The molecule has 1 aromatic heterocycles. The Labute approximate surface area is 85.6 Å². The molecule has 0 spiro atoms. The maximum absolute atomic E-state index is 4.31. The molecule has 0 atom stereocenters. The summed E-state index contributed by atoms with van der Waals surface area (Å²) in [5.41, 5.74) is 2.30. The summed E-state index contributed by atoms with van der Waals surface area (Å²) in [5, 5.41) is 5.55. The van der Waals surface area contributed by atoms with Gasteiger partial charge in [-0.15, -0.1) is 0 Å². The lowest BCUT2D eigenvalue weighted by Gasteiger charge is -1.90. The Morgan fingerprint density at radius 2 is 1.79 bits per heavy atom. The molecule has 0 unspecified atom stereocenters. The molecule has 0 aliphatic rings. The smallest absolute Gasteiger partial charge is 0.0681 e. The molecule has 0 fully saturated rings. The van der Waals surface area contributed by atoms with Crippen molar-refractivity contribution in [3.63, 3.8) is 0 Å². The predicted octanol–water partition coefficient (Wildman–Crippen LogP) is 3.30. The number of rotatable bonds is 0. The summed E-state index contributed by atoms with van der Waals surface area (Å²) in [5.74, 6) is 0. The summed E-state index contributed by atoms with van der Waals surface area (Å²) in [4.78, 5) is 0. The average molecular weight is 190 g/mol. The molecule has 0 N–H and O–H groups in total. The van der Waals surface area contributed by atoms with Gasteiger partial charge in [0.1, 0.15) is 0 Å². The number of aryl methyl sites for hydroxylation is 2. The molecular formula is C12H18N2. The van der Waals surface area contributed by atoms with Gasteiger partial charge in [-0.1, -0.05) is 38.5 Å². The average Bonchev–Trinajstić information content (AvgIpc) is 2.45. The lowest BCUT2D eigenvalue weighted by atomic mass is 10.2. The Hall–Kier alpha value is -1.31. The van der Waals surface area contributed by atoms with Crippen LogP contribution in [0.4, 0.5) is 0 Å². The highest BCUT2D eigenvalue weighted by molar-refractivity contribution is 5.81. The van der Waals surface area contributed by atoms with Gasteiger partial charge in [0, 0.05) is 12.4 Å². The minimum atomic E-state index is 1.10. The molecule has 14 heavy (non-hydrogen) atoms. The number of hydrogen-bond acceptors (Lipinski definition) is 1. The van der Waals surface area contributed by atoms with Crippen LogP contribution in [0.15, 0.2) is 24.3 Å². The first kappa shape index (κ1) is 10.8. The van der Waals surface area contributed by atoms with E-state index in [0.29, 0.717) is 0 Å². The quantitative estimate of drug-likeness (QED) is 0.623. The van der Waals surface area contributed by atoms with Crippen molar-refractivity contribution in [2.24, 2.45) is 7.05 Å². The van der Waals surface area contributed by atoms with Crippen LogP contribution < -0.4 is 0 Å². The molecule has 0 radical (unpaired) electrons. The second-order valence-electron chi connectivity index (χ2n) is 3.43. The molecule has 2 aromatic rings. The van der Waals surface area contributed by atoms with Crippen LogP contribution >= 0.6 is 0 Å². The summed E-state index contributed by atoms with van der Waals surface area (Å²) < 4.78 is 1.91. The predicted molar refractivity (Wildman–Crippen MR) is 61.4 cm³/mol. The highest BCUT2D eigenvalue weighted by atomic mass is 15.3. The molecule has 0 saturated heterocycles. The van der Waals surface area contributed by atoms with Crippen molar-refractivity contribution in [1.82, 2.24) is 9.78 Å². The fourth-order valence-electron chi connectivity index (χ4n) is 1.39. The van der Waals surface area contributed by atoms with Crippen molar-refractivity contribution in [3.05, 3.63) is 30.0 Å². The zero-order chi connectivity index (χ0) is 10.6. The number of benzene rings is 1. The van der Waals surface area contributed by atoms with E-state index in [-0.39, 0.29) is 0 Å². The Kier molecular flexibility index (Phi) is 3.69. The van der Waals surface area contributed by atoms with Crippen LogP contribution in [0.25, 0.3) is 10.9 Å². The molecule has 0 bridgehead atoms. The second-order valence-corrected chi connectivity index (χ2v) is 3.43. The zero-order valence-electron chi connectivity index (χ0n) is 9.41. The highest BCUT2D eigenvalue weighted by Gasteiger charge is 2.00. The summed E-state index contributed by atoms with van der Waals surface area (Å²) in [7, 11) is 1.97. The third-order valence-corrected chi connectivity index (χ3v) is 1.94. The molecule has 2 nitrogen and oxygen atoms in total. The number of fused-ring (bicyclic) bond motifs is 1. The number of para-hydroxylation sites is 1. The third kappa shape index (κ3) is 2.13. The first-order valence-corrected chi connectivity index (χ1v) is 5.09. The first-order valence-electron chi connectivity index (χ1n) is 5.09. The van der Waals surface area contributed by atoms with Crippen LogP contribution in [0.5, 0.6) is 0 Å². The summed E-state index contributed by atoms with van der Waals surface area (Å²) in [6.07, 6.45) is 1.25. The van der Waals surface area contributed by atoms with Crippen LogP contribution in [0.1, 0.15) is 26.0 Å². The van der Waals surface area contributed by atoms with E-state index in [9.17, 15) is 0 Å². The fourth-order valence-corrected chi connectivity index (χ4v) is 1.39. The molecule has 0 aliphatic heterocycles. The summed E-state index contributed by atoms with van der Waals surface area (Å²) in [6, 6.07) is 8.24. The van der Waals surface area contributed by atoms with Crippen LogP contribution in [0.3, 0.4) is 0 Å². The molecule has 0 amide bonds. The highest BCUT2D eigenvalue weighted by Crippen LogP contribution is 2.15. The largest absolute Gasteiger partial charge is 0.268 e. The van der Waals surface area contributed by atoms with E-state index in [1.54, 1.807) is 0 Å². The van der Waals surface area contributed by atoms with E-state index in [4.69, 9.17) is 0 Å². The molecule has 76 valence electrons. The van der Waals surface area contributed by atoms with Gasteiger partial charge in [-0.3, -0.25) is 4.68 Å². The molecule has 1 heterocycles. The van der Waals surface area contributed by atoms with E-state index < -0.39 is 0 Å². The first-order chi connectivity index (χ1) is 6.70. The maximum Gasteiger partial charge on any atom is 0.0681 e. The SMILES string of the molecule is CCC.Cc1nn(C)c2ccccc12. The van der Waals surface area contributed by atoms with Crippen molar-refractivity contribution >= 4 is 10.9 Å². The van der Waals surface area contributed by atoms with Crippen molar-refractivity contribution in [2.75, 3.05) is 0 Å². The number of nitrogens with zero attached hydrogens (tertiary/aromatic N) is 2. The maximum atomic E-state index is 4.31. The second kappa shape index (κ2) is 4.80. The molecule has 0 saturated carbocycles. The van der Waals surface area contributed by atoms with Gasteiger partial charge in [0.05, 0.1) is 11.2 Å². The molecular weight excluding hydrogens is 172 g/mol. The van der Waals surface area contributed by atoms with Crippen molar-refractivity contribution in [1.29, 1.82) is 0 Å². The van der Waals surface area contributed by atoms with E-state index >= 15 is 0 Å². The third-order valence-electron chi connectivity index (χ3n) is 1.94. The molecule has 0 aliphatic carbocycles. The van der Waals surface area contributed by atoms with Crippen LogP contribution in [-0.2, 0) is 7.05 Å². The van der Waals surface area contributed by atoms with Crippen molar-refractivity contribution in [3.8, 4) is 0 Å². The monoisotopic (exact) mass is 190 g/mol.